The van der Waals surface area contributed by atoms with Crippen LogP contribution >= 0.6 is 0 Å². The van der Waals surface area contributed by atoms with Crippen LogP contribution in [-0.2, 0) is 4.74 Å². The Kier molecular flexibility index (Phi) is 5.99. The first-order valence-electron chi connectivity index (χ1n) is 3.51. The number of hydrogen-bond donors (Lipinski definition) is 0. The van der Waals surface area contributed by atoms with E-state index in [2.05, 4.69) is 13.2 Å². The summed E-state index contributed by atoms with van der Waals surface area (Å²) in [7, 11) is 1.23. The first-order valence-corrected chi connectivity index (χ1v) is 4.66. The predicted molar refractivity (Wildman–Crippen MR) is 44.8 cm³/mol. The van der Waals surface area contributed by atoms with Gasteiger partial charge >= 0.3 is 0 Å². The molecule has 0 N–H and O–H groups in total. The lowest BCUT2D eigenvalue weighted by Crippen LogP contribution is -2.18. The van der Waals surface area contributed by atoms with Crippen molar-refractivity contribution in [2.75, 3.05) is 6.61 Å². The minimum absolute atomic E-state index is 0.675. The topological polar surface area (TPSA) is 9.23 Å². The highest BCUT2D eigenvalue weighted by atomic mass is 28.1. The maximum absolute atomic E-state index is 5.34. The van der Waals surface area contributed by atoms with Crippen molar-refractivity contribution >= 4 is 10.2 Å². The van der Waals surface area contributed by atoms with Crippen molar-refractivity contribution in [3.8, 4) is 0 Å². The summed E-state index contributed by atoms with van der Waals surface area (Å²) in [6, 6.07) is 0. The summed E-state index contributed by atoms with van der Waals surface area (Å²) in [5.41, 5.74) is 0.675. The van der Waals surface area contributed by atoms with E-state index in [1.807, 2.05) is 0 Å². The van der Waals surface area contributed by atoms with Gasteiger partial charge in [-0.1, -0.05) is 0 Å². The van der Waals surface area contributed by atoms with Crippen molar-refractivity contribution in [1.82, 2.24) is 0 Å². The van der Waals surface area contributed by atoms with Gasteiger partial charge in [-0.3, -0.25) is 0 Å². The van der Waals surface area contributed by atoms with Gasteiger partial charge in [0.05, 0.1) is 0 Å². The average molecular weight is 144 g/mol. The Morgan fingerprint density at radius 2 is 2.00 bits per heavy atom. The molecule has 1 saturated heterocycles. The molecule has 0 amide bonds. The number of ether oxygens (including phenoxy) is 1. The van der Waals surface area contributed by atoms with Crippen LogP contribution in [0.4, 0.5) is 0 Å². The predicted octanol–water partition coefficient (Wildman–Crippen LogP) is 0.681. The Morgan fingerprint density at radius 3 is 2.22 bits per heavy atom. The molecule has 0 aromatic heterocycles. The molecule has 0 spiro atoms. The molecule has 0 radical (unpaired) electrons. The summed E-state index contributed by atoms with van der Waals surface area (Å²) in [4.78, 5) is 0. The fourth-order valence-corrected chi connectivity index (χ4v) is 1.55. The quantitative estimate of drug-likeness (QED) is 0.359. The summed E-state index contributed by atoms with van der Waals surface area (Å²) in [5.74, 6) is 0. The van der Waals surface area contributed by atoms with E-state index in [0.29, 0.717) is 5.73 Å². The largest absolute Gasteiger partial charge is 0.383 e. The van der Waals surface area contributed by atoms with E-state index in [9.17, 15) is 0 Å². The second kappa shape index (κ2) is 6.04. The van der Waals surface area contributed by atoms with Crippen molar-refractivity contribution in [3.05, 3.63) is 13.2 Å². The molecule has 1 unspecified atom stereocenters. The normalized spacial score (nSPS) is 26.4. The van der Waals surface area contributed by atoms with E-state index >= 15 is 0 Å². The minimum Gasteiger partial charge on any atom is -0.383 e. The van der Waals surface area contributed by atoms with E-state index in [1.54, 1.807) is 0 Å². The van der Waals surface area contributed by atoms with Crippen LogP contribution in [-0.4, -0.2) is 22.6 Å². The average Bonchev–Trinajstić information content (AvgIpc) is 1.94. The minimum atomic E-state index is 0.675. The Morgan fingerprint density at radius 1 is 1.33 bits per heavy atom. The number of rotatable bonds is 0. The zero-order valence-corrected chi connectivity index (χ0v) is 8.23. The fourth-order valence-electron chi connectivity index (χ4n) is 0.902. The Hall–Kier alpha value is -0.0831. The molecule has 1 fully saturated rings. The molecule has 0 saturated carbocycles. The zero-order valence-electron chi connectivity index (χ0n) is 6.23. The van der Waals surface area contributed by atoms with Gasteiger partial charge < -0.3 is 4.74 Å². The Labute approximate surface area is 60.5 Å². The third-order valence-electron chi connectivity index (χ3n) is 1.41. The summed E-state index contributed by atoms with van der Waals surface area (Å²) in [6.07, 6.45) is 4.01. The molecule has 0 aromatic rings. The lowest BCUT2D eigenvalue weighted by Gasteiger charge is -2.17. The molecule has 54 valence electrons. The first-order chi connectivity index (χ1) is 4.39. The zero-order chi connectivity index (χ0) is 7.11. The summed E-state index contributed by atoms with van der Waals surface area (Å²) in [6.45, 7) is 7.02. The second-order valence-corrected chi connectivity index (χ2v) is 3.47. The highest BCUT2D eigenvalue weighted by molar-refractivity contribution is 6.10. The maximum atomic E-state index is 5.34. The molecule has 1 atom stereocenters. The van der Waals surface area contributed by atoms with Crippen molar-refractivity contribution in [3.63, 3.8) is 0 Å². The van der Waals surface area contributed by atoms with Crippen molar-refractivity contribution in [1.29, 1.82) is 0 Å². The second-order valence-electron chi connectivity index (χ2n) is 2.18. The van der Waals surface area contributed by atoms with Crippen LogP contribution in [0, 0.1) is 0 Å². The van der Waals surface area contributed by atoms with Crippen LogP contribution in [0.5, 0.6) is 0 Å². The van der Waals surface area contributed by atoms with Gasteiger partial charge in [-0.2, -0.15) is 0 Å². The lowest BCUT2D eigenvalue weighted by molar-refractivity contribution is 0.0675. The molecule has 2 heteroatoms. The monoisotopic (exact) mass is 144 g/mol. The molecule has 1 aliphatic rings. The summed E-state index contributed by atoms with van der Waals surface area (Å²) in [5, 5.41) is 0. The van der Waals surface area contributed by atoms with E-state index in [0.717, 1.165) is 6.61 Å². The van der Waals surface area contributed by atoms with E-state index < -0.39 is 0 Å². The van der Waals surface area contributed by atoms with Gasteiger partial charge in [-0.25, -0.2) is 0 Å². The van der Waals surface area contributed by atoms with E-state index in [-0.39, 0.29) is 0 Å². The molecule has 1 heterocycles. The molecule has 1 nitrogen and oxygen atoms in total. The summed E-state index contributed by atoms with van der Waals surface area (Å²) < 4.78 is 5.34. The fraction of sp³-hybridized carbons (Fsp3) is 0.714. The van der Waals surface area contributed by atoms with Crippen LogP contribution in [0.1, 0.15) is 19.3 Å². The lowest BCUT2D eigenvalue weighted by atomic mass is 10.2. The smallest absolute Gasteiger partial charge is 0.0465 e. The Bertz CT molecular complexity index is 59.9. The SMILES string of the molecule is C=C.[SiH3]C1CCCCO1. The van der Waals surface area contributed by atoms with Crippen LogP contribution in [0.2, 0.25) is 0 Å². The van der Waals surface area contributed by atoms with Gasteiger partial charge in [0.1, 0.15) is 0 Å². The number of hydrogen-bond acceptors (Lipinski definition) is 1. The van der Waals surface area contributed by atoms with Gasteiger partial charge in [0, 0.05) is 22.6 Å². The molecular weight excluding hydrogens is 128 g/mol. The van der Waals surface area contributed by atoms with Crippen molar-refractivity contribution in [2.24, 2.45) is 0 Å². The highest BCUT2D eigenvalue weighted by Gasteiger charge is 2.05. The van der Waals surface area contributed by atoms with E-state index in [4.69, 9.17) is 4.74 Å². The molecule has 1 aliphatic heterocycles. The highest BCUT2D eigenvalue weighted by Crippen LogP contribution is 2.08. The van der Waals surface area contributed by atoms with Crippen LogP contribution in [0.15, 0.2) is 13.2 Å². The molecule has 1 rings (SSSR count). The molecule has 9 heavy (non-hydrogen) atoms. The maximum Gasteiger partial charge on any atom is 0.0465 e. The van der Waals surface area contributed by atoms with Crippen LogP contribution < -0.4 is 0 Å². The van der Waals surface area contributed by atoms with Gasteiger partial charge in [-0.05, 0) is 19.3 Å². The third-order valence-corrected chi connectivity index (χ3v) is 2.32. The van der Waals surface area contributed by atoms with Crippen LogP contribution in [0.25, 0.3) is 0 Å². The van der Waals surface area contributed by atoms with Crippen LogP contribution in [0.3, 0.4) is 0 Å². The summed E-state index contributed by atoms with van der Waals surface area (Å²) >= 11 is 0. The molecular formula is C7H16OSi. The molecule has 0 aromatic carbocycles. The third kappa shape index (κ3) is 4.42. The van der Waals surface area contributed by atoms with Gasteiger partial charge in [0.2, 0.25) is 0 Å². The van der Waals surface area contributed by atoms with Crippen molar-refractivity contribution < 1.29 is 4.74 Å². The van der Waals surface area contributed by atoms with Gasteiger partial charge in [0.15, 0.2) is 0 Å². The van der Waals surface area contributed by atoms with Crippen molar-refractivity contribution in [2.45, 2.75) is 25.0 Å². The standard InChI is InChI=1S/C5H12OSi.C2H4/c7-5-3-1-2-4-6-5;1-2/h5H,1-4H2,7H3;1-2H2. The molecule has 0 bridgehead atoms. The molecule has 0 aliphatic carbocycles. The van der Waals surface area contributed by atoms with Gasteiger partial charge in [0.25, 0.3) is 0 Å². The first kappa shape index (κ1) is 8.92. The van der Waals surface area contributed by atoms with Gasteiger partial charge in [-0.15, -0.1) is 13.2 Å². The Balaban J connectivity index is 0.000000291. The van der Waals surface area contributed by atoms with E-state index in [1.165, 1.54) is 29.5 Å².